The van der Waals surface area contributed by atoms with Gasteiger partial charge in [-0.2, -0.15) is 0 Å². The Hall–Kier alpha value is -1.36. The summed E-state index contributed by atoms with van der Waals surface area (Å²) in [5, 5.41) is 3.19. The molecule has 5 nitrogen and oxygen atoms in total. The van der Waals surface area contributed by atoms with Crippen LogP contribution in [0.25, 0.3) is 0 Å². The van der Waals surface area contributed by atoms with Crippen LogP contribution in [0.15, 0.2) is 6.07 Å². The summed E-state index contributed by atoms with van der Waals surface area (Å²) in [5.74, 6) is 2.61. The van der Waals surface area contributed by atoms with Crippen LogP contribution < -0.4 is 16.0 Å². The highest BCUT2D eigenvalue weighted by atomic mass is 15.2. The van der Waals surface area contributed by atoms with Crippen molar-refractivity contribution < 1.29 is 0 Å². The SMILES string of the molecule is CCCCCN(C)c1cc(NCCN)nc(C)n1. The fraction of sp³-hybridized carbons (Fsp3) is 0.692. The molecule has 0 fully saturated rings. The molecule has 0 aromatic carbocycles. The molecular weight excluding hydrogens is 226 g/mol. The first-order chi connectivity index (χ1) is 8.67. The molecule has 1 rings (SSSR count). The molecule has 0 amide bonds. The number of anilines is 2. The maximum atomic E-state index is 5.48. The van der Waals surface area contributed by atoms with Crippen molar-refractivity contribution in [1.29, 1.82) is 0 Å². The van der Waals surface area contributed by atoms with E-state index in [4.69, 9.17) is 5.73 Å². The van der Waals surface area contributed by atoms with E-state index in [0.717, 1.165) is 30.5 Å². The summed E-state index contributed by atoms with van der Waals surface area (Å²) in [5.41, 5.74) is 5.48. The molecule has 0 unspecified atom stereocenters. The zero-order valence-corrected chi connectivity index (χ0v) is 11.7. The van der Waals surface area contributed by atoms with Gasteiger partial charge in [0.05, 0.1) is 0 Å². The number of nitrogens with zero attached hydrogens (tertiary/aromatic N) is 3. The van der Waals surface area contributed by atoms with Crippen molar-refractivity contribution in [2.75, 3.05) is 36.9 Å². The summed E-state index contributed by atoms with van der Waals surface area (Å²) >= 11 is 0. The van der Waals surface area contributed by atoms with Crippen LogP contribution in [0.3, 0.4) is 0 Å². The van der Waals surface area contributed by atoms with Crippen LogP contribution in [0.1, 0.15) is 32.0 Å². The largest absolute Gasteiger partial charge is 0.369 e. The first kappa shape index (κ1) is 14.7. The molecule has 0 aliphatic carbocycles. The normalized spacial score (nSPS) is 10.4. The molecule has 0 aliphatic rings. The lowest BCUT2D eigenvalue weighted by molar-refractivity contribution is 0.700. The number of unbranched alkanes of at least 4 members (excludes halogenated alkanes) is 2. The van der Waals surface area contributed by atoms with E-state index in [1.165, 1.54) is 19.3 Å². The van der Waals surface area contributed by atoms with E-state index < -0.39 is 0 Å². The van der Waals surface area contributed by atoms with Crippen molar-refractivity contribution in [2.24, 2.45) is 5.73 Å². The third-order valence-electron chi connectivity index (χ3n) is 2.76. The van der Waals surface area contributed by atoms with E-state index in [2.05, 4.69) is 34.2 Å². The van der Waals surface area contributed by atoms with E-state index in [1.807, 2.05) is 13.0 Å². The second-order valence-corrected chi connectivity index (χ2v) is 4.50. The average Bonchev–Trinajstić information content (AvgIpc) is 2.36. The van der Waals surface area contributed by atoms with Crippen molar-refractivity contribution in [1.82, 2.24) is 9.97 Å². The molecule has 3 N–H and O–H groups in total. The molecule has 1 aromatic heterocycles. The van der Waals surface area contributed by atoms with Crippen LogP contribution in [0, 0.1) is 6.92 Å². The number of aryl methyl sites for hydroxylation is 1. The molecule has 18 heavy (non-hydrogen) atoms. The average molecular weight is 251 g/mol. The predicted molar refractivity (Wildman–Crippen MR) is 77.1 cm³/mol. The summed E-state index contributed by atoms with van der Waals surface area (Å²) < 4.78 is 0. The molecule has 102 valence electrons. The molecule has 1 aromatic rings. The molecular formula is C13H25N5. The minimum absolute atomic E-state index is 0.602. The summed E-state index contributed by atoms with van der Waals surface area (Å²) in [6.45, 7) is 6.49. The number of aromatic nitrogens is 2. The highest BCUT2D eigenvalue weighted by Gasteiger charge is 2.06. The standard InChI is InChI=1S/C13H25N5/c1-4-5-6-9-18(3)13-10-12(15-8-7-14)16-11(2)17-13/h10H,4-9,14H2,1-3H3,(H,15,16,17). The van der Waals surface area contributed by atoms with Crippen molar-refractivity contribution in [3.63, 3.8) is 0 Å². The van der Waals surface area contributed by atoms with Gasteiger partial charge in [0, 0.05) is 32.7 Å². The molecule has 0 saturated heterocycles. The topological polar surface area (TPSA) is 67.1 Å². The lowest BCUT2D eigenvalue weighted by Crippen LogP contribution is -2.21. The maximum Gasteiger partial charge on any atom is 0.134 e. The molecule has 0 saturated carbocycles. The Labute approximate surface area is 110 Å². The second kappa shape index (κ2) is 7.87. The zero-order valence-electron chi connectivity index (χ0n) is 11.7. The Kier molecular flexibility index (Phi) is 6.43. The number of nitrogens with one attached hydrogen (secondary N) is 1. The highest BCUT2D eigenvalue weighted by Crippen LogP contribution is 2.15. The van der Waals surface area contributed by atoms with Crippen LogP contribution >= 0.6 is 0 Å². The number of hydrogen-bond donors (Lipinski definition) is 2. The quantitative estimate of drug-likeness (QED) is 0.689. The Balaban J connectivity index is 2.65. The van der Waals surface area contributed by atoms with E-state index in [0.29, 0.717) is 6.54 Å². The fourth-order valence-electron chi connectivity index (χ4n) is 1.75. The van der Waals surface area contributed by atoms with Crippen LogP contribution in [0.5, 0.6) is 0 Å². The van der Waals surface area contributed by atoms with Crippen LogP contribution in [-0.2, 0) is 0 Å². The monoisotopic (exact) mass is 251 g/mol. The molecule has 0 atom stereocenters. The van der Waals surface area contributed by atoms with Gasteiger partial charge in [-0.25, -0.2) is 9.97 Å². The maximum absolute atomic E-state index is 5.48. The summed E-state index contributed by atoms with van der Waals surface area (Å²) in [4.78, 5) is 11.0. The third kappa shape index (κ3) is 4.87. The first-order valence-electron chi connectivity index (χ1n) is 6.68. The Morgan fingerprint density at radius 3 is 2.78 bits per heavy atom. The van der Waals surface area contributed by atoms with Gasteiger partial charge in [0.2, 0.25) is 0 Å². The number of rotatable bonds is 8. The van der Waals surface area contributed by atoms with E-state index >= 15 is 0 Å². The molecule has 0 radical (unpaired) electrons. The molecule has 0 spiro atoms. The smallest absolute Gasteiger partial charge is 0.134 e. The van der Waals surface area contributed by atoms with Crippen molar-refractivity contribution in [3.05, 3.63) is 11.9 Å². The lowest BCUT2D eigenvalue weighted by Gasteiger charge is -2.19. The van der Waals surface area contributed by atoms with Gasteiger partial charge in [-0.05, 0) is 13.3 Å². The van der Waals surface area contributed by atoms with Gasteiger partial charge in [0.1, 0.15) is 17.5 Å². The summed E-state index contributed by atoms with van der Waals surface area (Å²) in [6, 6.07) is 1.98. The van der Waals surface area contributed by atoms with E-state index in [-0.39, 0.29) is 0 Å². The van der Waals surface area contributed by atoms with Crippen molar-refractivity contribution in [2.45, 2.75) is 33.1 Å². The molecule has 5 heteroatoms. The van der Waals surface area contributed by atoms with Gasteiger partial charge in [-0.3, -0.25) is 0 Å². The van der Waals surface area contributed by atoms with Crippen LogP contribution in [-0.4, -0.2) is 36.6 Å². The summed E-state index contributed by atoms with van der Waals surface area (Å²) in [6.07, 6.45) is 3.69. The van der Waals surface area contributed by atoms with Gasteiger partial charge in [0.15, 0.2) is 0 Å². The second-order valence-electron chi connectivity index (χ2n) is 4.50. The van der Waals surface area contributed by atoms with Gasteiger partial charge < -0.3 is 16.0 Å². The van der Waals surface area contributed by atoms with Gasteiger partial charge >= 0.3 is 0 Å². The van der Waals surface area contributed by atoms with Crippen LogP contribution in [0.4, 0.5) is 11.6 Å². The predicted octanol–water partition coefficient (Wildman–Crippen LogP) is 1.78. The minimum Gasteiger partial charge on any atom is -0.369 e. The third-order valence-corrected chi connectivity index (χ3v) is 2.76. The summed E-state index contributed by atoms with van der Waals surface area (Å²) in [7, 11) is 2.07. The Bertz CT molecular complexity index is 353. The molecule has 0 bridgehead atoms. The Morgan fingerprint density at radius 1 is 1.33 bits per heavy atom. The van der Waals surface area contributed by atoms with E-state index in [9.17, 15) is 0 Å². The van der Waals surface area contributed by atoms with Gasteiger partial charge in [-0.1, -0.05) is 19.8 Å². The van der Waals surface area contributed by atoms with Gasteiger partial charge in [0.25, 0.3) is 0 Å². The van der Waals surface area contributed by atoms with E-state index in [1.54, 1.807) is 0 Å². The van der Waals surface area contributed by atoms with Crippen LogP contribution in [0.2, 0.25) is 0 Å². The van der Waals surface area contributed by atoms with Crippen molar-refractivity contribution in [3.8, 4) is 0 Å². The molecule has 0 aliphatic heterocycles. The lowest BCUT2D eigenvalue weighted by atomic mass is 10.2. The van der Waals surface area contributed by atoms with Crippen molar-refractivity contribution >= 4 is 11.6 Å². The fourth-order valence-corrected chi connectivity index (χ4v) is 1.75. The number of hydrogen-bond acceptors (Lipinski definition) is 5. The minimum atomic E-state index is 0.602. The molecule has 1 heterocycles. The first-order valence-corrected chi connectivity index (χ1v) is 6.68. The number of nitrogens with two attached hydrogens (primary N) is 1. The highest BCUT2D eigenvalue weighted by molar-refractivity contribution is 5.48. The Morgan fingerprint density at radius 2 is 2.11 bits per heavy atom. The zero-order chi connectivity index (χ0) is 13.4. The van der Waals surface area contributed by atoms with Gasteiger partial charge in [-0.15, -0.1) is 0 Å².